The summed E-state index contributed by atoms with van der Waals surface area (Å²) in [6.45, 7) is 0. The predicted octanol–water partition coefficient (Wildman–Crippen LogP) is 0.318. The van der Waals surface area contributed by atoms with Crippen molar-refractivity contribution in [2.75, 3.05) is 0 Å². The van der Waals surface area contributed by atoms with Crippen LogP contribution < -0.4 is 0 Å². The quantitative estimate of drug-likeness (QED) is 0.551. The summed E-state index contributed by atoms with van der Waals surface area (Å²) in [5, 5.41) is 17.5. The highest BCUT2D eigenvalue weighted by Gasteiger charge is 2.17. The molecule has 0 fully saturated rings. The van der Waals surface area contributed by atoms with Crippen LogP contribution in [0.4, 0.5) is 0 Å². The Kier molecular flexibility index (Phi) is 1.87. The van der Waals surface area contributed by atoms with Crippen LogP contribution in [0.5, 0.6) is 0 Å². The van der Waals surface area contributed by atoms with Gasteiger partial charge in [0, 0.05) is 0 Å². The van der Waals surface area contributed by atoms with E-state index in [9.17, 15) is 4.79 Å². The third kappa shape index (κ3) is 1.25. The molecule has 54 valence electrons. The Morgan fingerprint density at radius 2 is 2.40 bits per heavy atom. The first kappa shape index (κ1) is 7.02. The van der Waals surface area contributed by atoms with Crippen LogP contribution in [0.25, 0.3) is 0 Å². The smallest absolute Gasteiger partial charge is 0.334 e. The van der Waals surface area contributed by atoms with E-state index < -0.39 is 12.1 Å². The lowest BCUT2D eigenvalue weighted by molar-refractivity contribution is -0.133. The van der Waals surface area contributed by atoms with E-state index in [-0.39, 0.29) is 5.57 Å². The van der Waals surface area contributed by atoms with Gasteiger partial charge in [-0.3, -0.25) is 0 Å². The van der Waals surface area contributed by atoms with E-state index in [1.54, 1.807) is 12.2 Å². The van der Waals surface area contributed by atoms with Crippen LogP contribution >= 0.6 is 0 Å². The van der Waals surface area contributed by atoms with E-state index in [0.717, 1.165) is 0 Å². The molecule has 0 aromatic carbocycles. The van der Waals surface area contributed by atoms with Crippen LogP contribution in [-0.4, -0.2) is 22.3 Å². The summed E-state index contributed by atoms with van der Waals surface area (Å²) in [5.74, 6) is -1.04. The lowest BCUT2D eigenvalue weighted by atomic mass is 10.0. The molecule has 0 saturated heterocycles. The number of aliphatic carboxylic acids is 1. The molecule has 0 bridgehead atoms. The maximum Gasteiger partial charge on any atom is 0.334 e. The van der Waals surface area contributed by atoms with Crippen molar-refractivity contribution in [3.8, 4) is 0 Å². The summed E-state index contributed by atoms with van der Waals surface area (Å²) in [6.07, 6.45) is 4.35. The van der Waals surface area contributed by atoms with Crippen LogP contribution in [0, 0.1) is 0 Å². The average Bonchev–Trinajstić information content (AvgIpc) is 1.88. The van der Waals surface area contributed by atoms with Gasteiger partial charge in [0.2, 0.25) is 0 Å². The third-order valence-corrected chi connectivity index (χ3v) is 1.38. The highest BCUT2D eigenvalue weighted by Crippen LogP contribution is 2.12. The molecule has 1 aliphatic carbocycles. The van der Waals surface area contributed by atoms with Crippen LogP contribution in [0.1, 0.15) is 6.42 Å². The predicted molar refractivity (Wildman–Crippen MR) is 35.5 cm³/mol. The van der Waals surface area contributed by atoms with Gasteiger partial charge in [-0.1, -0.05) is 12.2 Å². The van der Waals surface area contributed by atoms with Gasteiger partial charge in [0.15, 0.2) is 0 Å². The SMILES string of the molecule is O=C(O)C1=CC=CC[C@H]1O. The van der Waals surface area contributed by atoms with Gasteiger partial charge in [0.1, 0.15) is 0 Å². The summed E-state index contributed by atoms with van der Waals surface area (Å²) < 4.78 is 0. The maximum absolute atomic E-state index is 10.3. The summed E-state index contributed by atoms with van der Waals surface area (Å²) in [7, 11) is 0. The zero-order chi connectivity index (χ0) is 7.56. The van der Waals surface area contributed by atoms with Gasteiger partial charge < -0.3 is 10.2 Å². The molecule has 1 atom stereocenters. The summed E-state index contributed by atoms with van der Waals surface area (Å²) >= 11 is 0. The van der Waals surface area contributed by atoms with Gasteiger partial charge in [-0.25, -0.2) is 4.79 Å². The van der Waals surface area contributed by atoms with Gasteiger partial charge in [-0.2, -0.15) is 0 Å². The van der Waals surface area contributed by atoms with E-state index in [0.29, 0.717) is 6.42 Å². The van der Waals surface area contributed by atoms with E-state index >= 15 is 0 Å². The molecule has 2 N–H and O–H groups in total. The van der Waals surface area contributed by atoms with Crippen LogP contribution in [0.2, 0.25) is 0 Å². The number of carboxylic acid groups (broad SMARTS) is 1. The van der Waals surface area contributed by atoms with E-state index in [2.05, 4.69) is 0 Å². The van der Waals surface area contributed by atoms with Crippen molar-refractivity contribution < 1.29 is 15.0 Å². The zero-order valence-corrected chi connectivity index (χ0v) is 5.32. The second kappa shape index (κ2) is 2.66. The van der Waals surface area contributed by atoms with Gasteiger partial charge >= 0.3 is 5.97 Å². The Bertz CT molecular complexity index is 203. The number of allylic oxidation sites excluding steroid dienone is 2. The number of hydrogen-bond acceptors (Lipinski definition) is 2. The number of aliphatic hydroxyl groups excluding tert-OH is 1. The zero-order valence-electron chi connectivity index (χ0n) is 5.32. The third-order valence-electron chi connectivity index (χ3n) is 1.38. The van der Waals surface area contributed by atoms with Crippen molar-refractivity contribution >= 4 is 5.97 Å². The van der Waals surface area contributed by atoms with Crippen LogP contribution in [0.3, 0.4) is 0 Å². The number of aliphatic hydroxyl groups is 1. The van der Waals surface area contributed by atoms with Crippen LogP contribution in [0.15, 0.2) is 23.8 Å². The molecule has 0 heterocycles. The van der Waals surface area contributed by atoms with E-state index in [4.69, 9.17) is 10.2 Å². The average molecular weight is 140 g/mol. The summed E-state index contributed by atoms with van der Waals surface area (Å²) in [6, 6.07) is 0. The van der Waals surface area contributed by atoms with Crippen molar-refractivity contribution in [2.45, 2.75) is 12.5 Å². The normalized spacial score (nSPS) is 24.1. The minimum absolute atomic E-state index is 0.0718. The fourth-order valence-electron chi connectivity index (χ4n) is 0.831. The molecule has 0 saturated carbocycles. The Morgan fingerprint density at radius 1 is 1.70 bits per heavy atom. The highest BCUT2D eigenvalue weighted by atomic mass is 16.4. The summed E-state index contributed by atoms with van der Waals surface area (Å²) in [4.78, 5) is 10.3. The Morgan fingerprint density at radius 3 is 2.80 bits per heavy atom. The standard InChI is InChI=1S/C7H8O3/c8-6-4-2-1-3-5(6)7(9)10/h1-3,6,8H,4H2,(H,9,10)/t6-/m1/s1. The Labute approximate surface area is 58.3 Å². The topological polar surface area (TPSA) is 57.5 Å². The first-order chi connectivity index (χ1) is 4.72. The molecule has 0 radical (unpaired) electrons. The molecule has 0 amide bonds. The van der Waals surface area contributed by atoms with Crippen molar-refractivity contribution in [3.05, 3.63) is 23.8 Å². The number of carbonyl (C=O) groups is 1. The Balaban J connectivity index is 2.80. The minimum Gasteiger partial charge on any atom is -0.478 e. The van der Waals surface area contributed by atoms with Crippen molar-refractivity contribution in [3.63, 3.8) is 0 Å². The molecule has 1 rings (SSSR count). The van der Waals surface area contributed by atoms with Gasteiger partial charge in [-0.15, -0.1) is 0 Å². The number of rotatable bonds is 1. The molecule has 0 spiro atoms. The fourth-order valence-corrected chi connectivity index (χ4v) is 0.831. The second-order valence-corrected chi connectivity index (χ2v) is 2.11. The lowest BCUT2D eigenvalue weighted by Crippen LogP contribution is -2.18. The number of carboxylic acids is 1. The lowest BCUT2D eigenvalue weighted by Gasteiger charge is -2.10. The monoisotopic (exact) mass is 140 g/mol. The van der Waals surface area contributed by atoms with Crippen molar-refractivity contribution in [1.82, 2.24) is 0 Å². The van der Waals surface area contributed by atoms with Gasteiger partial charge in [0.05, 0.1) is 11.7 Å². The largest absolute Gasteiger partial charge is 0.478 e. The molecule has 3 heteroatoms. The minimum atomic E-state index is -1.04. The second-order valence-electron chi connectivity index (χ2n) is 2.11. The van der Waals surface area contributed by atoms with Crippen molar-refractivity contribution in [2.24, 2.45) is 0 Å². The molecular formula is C7H8O3. The van der Waals surface area contributed by atoms with E-state index in [1.807, 2.05) is 0 Å². The fraction of sp³-hybridized carbons (Fsp3) is 0.286. The van der Waals surface area contributed by atoms with E-state index in [1.165, 1.54) is 6.08 Å². The number of hydrogen-bond donors (Lipinski definition) is 2. The summed E-state index contributed by atoms with van der Waals surface area (Å²) in [5.41, 5.74) is 0.0718. The van der Waals surface area contributed by atoms with Gasteiger partial charge in [0.25, 0.3) is 0 Å². The molecule has 10 heavy (non-hydrogen) atoms. The molecular weight excluding hydrogens is 132 g/mol. The Hall–Kier alpha value is -1.09. The molecule has 1 aliphatic rings. The first-order valence-corrected chi connectivity index (χ1v) is 3.00. The molecule has 0 aromatic heterocycles. The highest BCUT2D eigenvalue weighted by molar-refractivity contribution is 5.88. The molecule has 0 aromatic rings. The maximum atomic E-state index is 10.3. The van der Waals surface area contributed by atoms with Crippen LogP contribution in [-0.2, 0) is 4.79 Å². The first-order valence-electron chi connectivity index (χ1n) is 3.00. The van der Waals surface area contributed by atoms with Gasteiger partial charge in [-0.05, 0) is 12.5 Å². The van der Waals surface area contributed by atoms with Crippen molar-refractivity contribution in [1.29, 1.82) is 0 Å². The molecule has 0 unspecified atom stereocenters. The molecule has 3 nitrogen and oxygen atoms in total. The molecule has 0 aliphatic heterocycles.